The third-order valence-electron chi connectivity index (χ3n) is 9.79. The van der Waals surface area contributed by atoms with Crippen LogP contribution in [0.4, 0.5) is 0 Å². The standard InChI is InChI=1S/C39H71N11O15S2/c1-17(2)27(48-32(57)22(10-8-9-12-40)43-30(55)18(3)41)36(61)50-29(21(6)54)37(62)44-23(11-13-67-7)33(58)49-28(20(5)53)38(63)47-26(16-66)35(60)45-24(14-51)34(59)42-19(4)31(56)46-25(15-52)39(64)65/h17-29,51-54,66H,8-16,40-41H2,1-7H3,(H,42,59)(H,43,55)(H,44,62)(H,45,60)(H,46,56)(H,47,63)(H,48,57)(H,49,58)(H,50,61)(H,64,65)/t18-,19-,20+,21+,22-,23-,24-,25-,26-,27-,28-,29-/m0/s1. The fraction of sp³-hybridized carbons (Fsp3) is 0.744. The molecule has 0 saturated heterocycles. The van der Waals surface area contributed by atoms with Gasteiger partial charge < -0.3 is 84.9 Å². The molecule has 0 aliphatic heterocycles. The SMILES string of the molecule is CSCC[C@H](NC(=O)[C@@H](NC(=O)[C@@H](NC(=O)[C@H](CCCCN)NC(=O)[C@H](C)N)C(C)C)[C@@H](C)O)C(=O)N[C@H](C(=O)N[C@@H](CS)C(=O)N[C@@H](CO)C(=O)N[C@@H](C)C(=O)N[C@@H](CO)C(=O)O)[C@@H](C)O. The maximum atomic E-state index is 13.7. The van der Waals surface area contributed by atoms with E-state index in [1.807, 2.05) is 5.32 Å². The van der Waals surface area contributed by atoms with Crippen molar-refractivity contribution >= 4 is 83.5 Å². The molecule has 9 amide bonds. The third-order valence-corrected chi connectivity index (χ3v) is 10.8. The van der Waals surface area contributed by atoms with Gasteiger partial charge in [-0.25, -0.2) is 4.79 Å². The topological polar surface area (TPSA) is 432 Å². The molecule has 28 heteroatoms. The molecule has 18 N–H and O–H groups in total. The zero-order valence-electron chi connectivity index (χ0n) is 38.7. The van der Waals surface area contributed by atoms with Crippen molar-refractivity contribution in [3.63, 3.8) is 0 Å². The fourth-order valence-electron chi connectivity index (χ4n) is 5.71. The molecule has 26 nitrogen and oxygen atoms in total. The van der Waals surface area contributed by atoms with E-state index < -0.39 is 157 Å². The normalized spacial score (nSPS) is 16.6. The van der Waals surface area contributed by atoms with Crippen LogP contribution in [-0.2, 0) is 47.9 Å². The number of hydrogen-bond acceptors (Lipinski definition) is 18. The summed E-state index contributed by atoms with van der Waals surface area (Å²) in [6.45, 7) is 6.50. The van der Waals surface area contributed by atoms with E-state index in [-0.39, 0.29) is 18.6 Å². The summed E-state index contributed by atoms with van der Waals surface area (Å²) in [6, 6.07) is -14.6. The molecule has 0 radical (unpaired) electrons. The van der Waals surface area contributed by atoms with Crippen LogP contribution in [0.2, 0.25) is 0 Å². The smallest absolute Gasteiger partial charge is 0.328 e. The number of unbranched alkanes of at least 4 members (excludes halogenated alkanes) is 1. The van der Waals surface area contributed by atoms with Gasteiger partial charge in [0.05, 0.1) is 31.5 Å². The highest BCUT2D eigenvalue weighted by Gasteiger charge is 2.37. The van der Waals surface area contributed by atoms with Crippen molar-refractivity contribution in [2.75, 3.05) is 37.5 Å². The summed E-state index contributed by atoms with van der Waals surface area (Å²) >= 11 is 5.34. The fourth-order valence-corrected chi connectivity index (χ4v) is 6.44. The molecule has 0 aromatic heterocycles. The number of carbonyl (C=O) groups excluding carboxylic acids is 9. The minimum Gasteiger partial charge on any atom is -0.480 e. The Morgan fingerprint density at radius 2 is 0.925 bits per heavy atom. The van der Waals surface area contributed by atoms with Gasteiger partial charge in [0, 0.05) is 5.75 Å². The summed E-state index contributed by atoms with van der Waals surface area (Å²) < 4.78 is 0. The number of carbonyl (C=O) groups is 10. The van der Waals surface area contributed by atoms with Gasteiger partial charge in [-0.1, -0.05) is 13.8 Å². The van der Waals surface area contributed by atoms with Crippen LogP contribution in [0.25, 0.3) is 0 Å². The van der Waals surface area contributed by atoms with Crippen molar-refractivity contribution in [2.45, 2.75) is 140 Å². The highest BCUT2D eigenvalue weighted by molar-refractivity contribution is 7.98. The lowest BCUT2D eigenvalue weighted by molar-refractivity contribution is -0.143. The lowest BCUT2D eigenvalue weighted by Gasteiger charge is -2.30. The average Bonchev–Trinajstić information content (AvgIpc) is 3.26. The Morgan fingerprint density at radius 3 is 1.36 bits per heavy atom. The van der Waals surface area contributed by atoms with E-state index in [1.54, 1.807) is 20.1 Å². The predicted molar refractivity (Wildman–Crippen MR) is 246 cm³/mol. The number of hydrogen-bond donors (Lipinski definition) is 17. The van der Waals surface area contributed by atoms with Crippen LogP contribution in [0.5, 0.6) is 0 Å². The Kier molecular flexibility index (Phi) is 29.7. The molecule has 0 spiro atoms. The van der Waals surface area contributed by atoms with E-state index in [2.05, 4.69) is 55.2 Å². The average molecular weight is 998 g/mol. The van der Waals surface area contributed by atoms with Gasteiger partial charge >= 0.3 is 5.97 Å². The molecule has 0 rings (SSSR count). The summed E-state index contributed by atoms with van der Waals surface area (Å²) in [5.74, 6) is -10.9. The van der Waals surface area contributed by atoms with Gasteiger partial charge in [0.15, 0.2) is 0 Å². The number of nitrogens with one attached hydrogen (secondary N) is 9. The number of aliphatic hydroxyl groups excluding tert-OH is 4. The van der Waals surface area contributed by atoms with E-state index in [9.17, 15) is 63.3 Å². The molecule has 0 fully saturated rings. The second-order valence-corrected chi connectivity index (χ2v) is 17.3. The number of nitrogens with two attached hydrogens (primary N) is 2. The second kappa shape index (κ2) is 32.0. The maximum Gasteiger partial charge on any atom is 0.328 e. The molecule has 12 atom stereocenters. The van der Waals surface area contributed by atoms with Crippen LogP contribution < -0.4 is 59.3 Å². The van der Waals surface area contributed by atoms with Gasteiger partial charge in [0.2, 0.25) is 53.2 Å². The molecule has 67 heavy (non-hydrogen) atoms. The summed E-state index contributed by atoms with van der Waals surface area (Å²) in [4.78, 5) is 130. The van der Waals surface area contributed by atoms with Crippen molar-refractivity contribution in [3.8, 4) is 0 Å². The van der Waals surface area contributed by atoms with E-state index >= 15 is 0 Å². The number of rotatable bonds is 32. The summed E-state index contributed by atoms with van der Waals surface area (Å²) in [6.07, 6.45) is -0.359. The molecule has 0 bridgehead atoms. The quantitative estimate of drug-likeness (QED) is 0.0220. The maximum absolute atomic E-state index is 13.7. The Morgan fingerprint density at radius 1 is 0.522 bits per heavy atom. The predicted octanol–water partition coefficient (Wildman–Crippen LogP) is -6.98. The minimum absolute atomic E-state index is 0.0646. The third kappa shape index (κ3) is 22.2. The van der Waals surface area contributed by atoms with Crippen molar-refractivity contribution < 1.29 is 73.5 Å². The van der Waals surface area contributed by atoms with Gasteiger partial charge in [-0.2, -0.15) is 24.4 Å². The van der Waals surface area contributed by atoms with Crippen LogP contribution in [0.1, 0.15) is 67.2 Å². The van der Waals surface area contributed by atoms with Gasteiger partial charge in [-0.05, 0) is 77.8 Å². The Labute approximate surface area is 398 Å². The van der Waals surface area contributed by atoms with E-state index in [0.29, 0.717) is 19.4 Å². The zero-order valence-corrected chi connectivity index (χ0v) is 40.4. The molecule has 0 aliphatic carbocycles. The first-order valence-corrected chi connectivity index (χ1v) is 23.4. The van der Waals surface area contributed by atoms with Crippen molar-refractivity contribution in [1.82, 2.24) is 47.9 Å². The summed E-state index contributed by atoms with van der Waals surface area (Å²) in [5, 5.41) is 70.1. The first-order chi connectivity index (χ1) is 31.3. The first kappa shape index (κ1) is 62.2. The number of carboxylic acid groups (broad SMARTS) is 1. The largest absolute Gasteiger partial charge is 0.480 e. The second-order valence-electron chi connectivity index (χ2n) is 16.0. The van der Waals surface area contributed by atoms with Crippen LogP contribution in [-0.4, -0.2) is 195 Å². The van der Waals surface area contributed by atoms with Crippen LogP contribution in [0.15, 0.2) is 0 Å². The Bertz CT molecular complexity index is 1680. The number of thioether (sulfide) groups is 1. The molecule has 0 aromatic carbocycles. The van der Waals surface area contributed by atoms with Gasteiger partial charge in [0.25, 0.3) is 0 Å². The van der Waals surface area contributed by atoms with Gasteiger partial charge in [0.1, 0.15) is 54.4 Å². The van der Waals surface area contributed by atoms with Crippen LogP contribution in [0.3, 0.4) is 0 Å². The number of carboxylic acids is 1. The minimum atomic E-state index is -1.78. The van der Waals surface area contributed by atoms with Crippen molar-refractivity contribution in [1.29, 1.82) is 0 Å². The van der Waals surface area contributed by atoms with Crippen LogP contribution in [0, 0.1) is 5.92 Å². The van der Waals surface area contributed by atoms with Crippen LogP contribution >= 0.6 is 24.4 Å². The Hall–Kier alpha value is -4.84. The summed E-state index contributed by atoms with van der Waals surface area (Å²) in [7, 11) is 0. The number of amides is 9. The molecule has 0 aromatic rings. The molecule has 0 aliphatic rings. The molecule has 0 unspecified atom stereocenters. The highest BCUT2D eigenvalue weighted by Crippen LogP contribution is 2.10. The highest BCUT2D eigenvalue weighted by atomic mass is 32.2. The molecular formula is C39H71N11O15S2. The molecular weight excluding hydrogens is 927 g/mol. The lowest BCUT2D eigenvalue weighted by Crippen LogP contribution is -2.63. The van der Waals surface area contributed by atoms with Gasteiger partial charge in [-0.15, -0.1) is 0 Å². The van der Waals surface area contributed by atoms with E-state index in [0.717, 1.165) is 13.8 Å². The number of thiol groups is 1. The number of aliphatic carboxylic acids is 1. The Balaban J connectivity index is 6.10. The van der Waals surface area contributed by atoms with Gasteiger partial charge in [-0.3, -0.25) is 43.2 Å². The summed E-state index contributed by atoms with van der Waals surface area (Å²) in [5.41, 5.74) is 11.2. The van der Waals surface area contributed by atoms with Crippen molar-refractivity contribution in [2.24, 2.45) is 17.4 Å². The zero-order chi connectivity index (χ0) is 51.7. The molecule has 0 saturated carbocycles. The lowest BCUT2D eigenvalue weighted by atomic mass is 10.0. The monoisotopic (exact) mass is 997 g/mol. The number of aliphatic hydroxyl groups is 4. The molecule has 0 heterocycles. The van der Waals surface area contributed by atoms with E-state index in [1.165, 1.54) is 25.6 Å². The van der Waals surface area contributed by atoms with E-state index in [4.69, 9.17) is 21.7 Å². The van der Waals surface area contributed by atoms with Crippen molar-refractivity contribution in [3.05, 3.63) is 0 Å². The first-order valence-electron chi connectivity index (χ1n) is 21.4. The molecule has 384 valence electrons.